The van der Waals surface area contributed by atoms with Crippen LogP contribution in [0.5, 0.6) is 0 Å². The maximum absolute atomic E-state index is 11.3. The van der Waals surface area contributed by atoms with Crippen LogP contribution < -0.4 is 5.32 Å². The highest BCUT2D eigenvalue weighted by Crippen LogP contribution is 2.08. The number of amides is 1. The van der Waals surface area contributed by atoms with Gasteiger partial charge in [-0.2, -0.15) is 0 Å². The molecule has 0 unspecified atom stereocenters. The Labute approximate surface area is 103 Å². The third-order valence-corrected chi connectivity index (χ3v) is 1.80. The second kappa shape index (κ2) is 7.72. The lowest BCUT2D eigenvalue weighted by atomic mass is 10.2. The van der Waals surface area contributed by atoms with E-state index in [0.717, 1.165) is 6.42 Å². The van der Waals surface area contributed by atoms with Crippen molar-refractivity contribution >= 4 is 11.9 Å². The number of hydrogen-bond donors (Lipinski definition) is 1. The van der Waals surface area contributed by atoms with Gasteiger partial charge in [0.2, 0.25) is 5.91 Å². The fraction of sp³-hybridized carbons (Fsp3) is 0.692. The number of hydrogen-bond acceptors (Lipinski definition) is 3. The molecule has 0 aromatic heterocycles. The maximum Gasteiger partial charge on any atom is 0.306 e. The molecule has 0 aromatic rings. The number of esters is 1. The van der Waals surface area contributed by atoms with Crippen molar-refractivity contribution in [2.24, 2.45) is 0 Å². The van der Waals surface area contributed by atoms with Crippen LogP contribution in [0.2, 0.25) is 0 Å². The lowest BCUT2D eigenvalue weighted by molar-refractivity contribution is -0.155. The normalized spacial score (nSPS) is 10.5. The van der Waals surface area contributed by atoms with E-state index in [4.69, 9.17) is 11.2 Å². The number of rotatable bonds is 6. The number of terminal acetylenes is 1. The predicted molar refractivity (Wildman–Crippen MR) is 66.2 cm³/mol. The van der Waals surface area contributed by atoms with Gasteiger partial charge in [-0.3, -0.25) is 9.59 Å². The molecule has 96 valence electrons. The van der Waals surface area contributed by atoms with Gasteiger partial charge in [-0.1, -0.05) is 0 Å². The molecule has 0 radical (unpaired) electrons. The lowest BCUT2D eigenvalue weighted by Gasteiger charge is -2.19. The molecule has 17 heavy (non-hydrogen) atoms. The van der Waals surface area contributed by atoms with E-state index in [9.17, 15) is 9.59 Å². The molecule has 0 bridgehead atoms. The second-order valence-corrected chi connectivity index (χ2v) is 4.74. The molecule has 0 rings (SSSR count). The summed E-state index contributed by atoms with van der Waals surface area (Å²) in [5, 5.41) is 2.69. The standard InChI is InChI=1S/C13H21NO3/c1-5-6-7-10-14-11(15)8-9-12(16)17-13(2,3)4/h1H,6-10H2,2-4H3,(H,14,15). The zero-order valence-corrected chi connectivity index (χ0v) is 10.8. The topological polar surface area (TPSA) is 55.4 Å². The monoisotopic (exact) mass is 239 g/mol. The third kappa shape index (κ3) is 10.8. The van der Waals surface area contributed by atoms with E-state index in [1.54, 1.807) is 20.8 Å². The van der Waals surface area contributed by atoms with Crippen LogP contribution in [0.25, 0.3) is 0 Å². The van der Waals surface area contributed by atoms with Gasteiger partial charge < -0.3 is 10.1 Å². The van der Waals surface area contributed by atoms with Crippen molar-refractivity contribution in [2.75, 3.05) is 6.54 Å². The van der Waals surface area contributed by atoms with Gasteiger partial charge in [-0.25, -0.2) is 0 Å². The van der Waals surface area contributed by atoms with Gasteiger partial charge in [0, 0.05) is 19.4 Å². The van der Waals surface area contributed by atoms with E-state index in [1.807, 2.05) is 0 Å². The number of ether oxygens (including phenoxy) is 1. The SMILES string of the molecule is C#CCCCNC(=O)CCC(=O)OC(C)(C)C. The Morgan fingerprint density at radius 3 is 2.47 bits per heavy atom. The minimum Gasteiger partial charge on any atom is -0.460 e. The number of unbranched alkanes of at least 4 members (excludes halogenated alkanes) is 1. The van der Waals surface area contributed by atoms with Crippen molar-refractivity contribution in [3.63, 3.8) is 0 Å². The Bertz CT molecular complexity index is 297. The molecule has 0 atom stereocenters. The zero-order valence-electron chi connectivity index (χ0n) is 10.8. The molecule has 0 aliphatic heterocycles. The fourth-order valence-corrected chi connectivity index (χ4v) is 1.11. The van der Waals surface area contributed by atoms with Gasteiger partial charge in [0.25, 0.3) is 0 Å². The maximum atomic E-state index is 11.3. The molecule has 4 heteroatoms. The zero-order chi connectivity index (χ0) is 13.3. The first-order valence-corrected chi connectivity index (χ1v) is 5.77. The van der Waals surface area contributed by atoms with Crippen LogP contribution in [-0.4, -0.2) is 24.0 Å². The summed E-state index contributed by atoms with van der Waals surface area (Å²) < 4.78 is 5.09. The quantitative estimate of drug-likeness (QED) is 0.435. The van der Waals surface area contributed by atoms with Crippen molar-refractivity contribution < 1.29 is 14.3 Å². The molecule has 0 aliphatic rings. The van der Waals surface area contributed by atoms with Gasteiger partial charge in [0.1, 0.15) is 5.60 Å². The molecule has 0 saturated heterocycles. The van der Waals surface area contributed by atoms with E-state index in [-0.39, 0.29) is 24.7 Å². The minimum atomic E-state index is -0.500. The summed E-state index contributed by atoms with van der Waals surface area (Å²) in [6, 6.07) is 0. The summed E-state index contributed by atoms with van der Waals surface area (Å²) in [4.78, 5) is 22.6. The summed E-state index contributed by atoms with van der Waals surface area (Å²) in [5.41, 5.74) is -0.500. The highest BCUT2D eigenvalue weighted by Gasteiger charge is 2.16. The van der Waals surface area contributed by atoms with E-state index in [1.165, 1.54) is 0 Å². The Morgan fingerprint density at radius 1 is 1.29 bits per heavy atom. The van der Waals surface area contributed by atoms with Crippen LogP contribution in [-0.2, 0) is 14.3 Å². The van der Waals surface area contributed by atoms with Crippen LogP contribution in [0.4, 0.5) is 0 Å². The Hall–Kier alpha value is -1.50. The average molecular weight is 239 g/mol. The second-order valence-electron chi connectivity index (χ2n) is 4.74. The van der Waals surface area contributed by atoms with Crippen molar-refractivity contribution in [1.82, 2.24) is 5.32 Å². The van der Waals surface area contributed by atoms with Crippen LogP contribution in [0.3, 0.4) is 0 Å². The smallest absolute Gasteiger partial charge is 0.306 e. The van der Waals surface area contributed by atoms with Crippen LogP contribution in [0, 0.1) is 12.3 Å². The number of carbonyl (C=O) groups is 2. The molecule has 0 heterocycles. The van der Waals surface area contributed by atoms with Gasteiger partial charge in [0.15, 0.2) is 0 Å². The Kier molecular flexibility index (Phi) is 7.04. The van der Waals surface area contributed by atoms with Gasteiger partial charge in [-0.15, -0.1) is 12.3 Å². The largest absolute Gasteiger partial charge is 0.460 e. The van der Waals surface area contributed by atoms with E-state index >= 15 is 0 Å². The molecule has 4 nitrogen and oxygen atoms in total. The van der Waals surface area contributed by atoms with E-state index in [2.05, 4.69) is 11.2 Å². The first-order chi connectivity index (χ1) is 7.85. The predicted octanol–water partition coefficient (Wildman–Crippen LogP) is 1.64. The summed E-state index contributed by atoms with van der Waals surface area (Å²) in [6.45, 7) is 5.94. The molecule has 0 spiro atoms. The first kappa shape index (κ1) is 15.5. The highest BCUT2D eigenvalue weighted by molar-refractivity contribution is 5.81. The molecule has 0 aromatic carbocycles. The van der Waals surface area contributed by atoms with Crippen molar-refractivity contribution in [3.8, 4) is 12.3 Å². The molecule has 0 saturated carbocycles. The molecular formula is C13H21NO3. The summed E-state index contributed by atoms with van der Waals surface area (Å²) >= 11 is 0. The molecule has 0 aliphatic carbocycles. The van der Waals surface area contributed by atoms with Gasteiger partial charge in [-0.05, 0) is 27.2 Å². The van der Waals surface area contributed by atoms with Crippen molar-refractivity contribution in [1.29, 1.82) is 0 Å². The third-order valence-electron chi connectivity index (χ3n) is 1.80. The average Bonchev–Trinajstić information content (AvgIpc) is 2.19. The minimum absolute atomic E-state index is 0.109. The highest BCUT2D eigenvalue weighted by atomic mass is 16.6. The fourth-order valence-electron chi connectivity index (χ4n) is 1.11. The van der Waals surface area contributed by atoms with Crippen molar-refractivity contribution in [2.45, 2.75) is 52.1 Å². The Balaban J connectivity index is 3.64. The first-order valence-electron chi connectivity index (χ1n) is 5.77. The number of nitrogens with one attached hydrogen (secondary N) is 1. The summed E-state index contributed by atoms with van der Waals surface area (Å²) in [6.07, 6.45) is 6.75. The van der Waals surface area contributed by atoms with E-state index in [0.29, 0.717) is 13.0 Å². The van der Waals surface area contributed by atoms with Gasteiger partial charge >= 0.3 is 5.97 Å². The van der Waals surface area contributed by atoms with Crippen molar-refractivity contribution in [3.05, 3.63) is 0 Å². The molecule has 1 N–H and O–H groups in total. The van der Waals surface area contributed by atoms with Crippen LogP contribution in [0.1, 0.15) is 46.5 Å². The molecular weight excluding hydrogens is 218 g/mol. The Morgan fingerprint density at radius 2 is 1.94 bits per heavy atom. The summed E-state index contributed by atoms with van der Waals surface area (Å²) in [7, 11) is 0. The van der Waals surface area contributed by atoms with Gasteiger partial charge in [0.05, 0.1) is 6.42 Å². The molecule has 0 fully saturated rings. The lowest BCUT2D eigenvalue weighted by Crippen LogP contribution is -2.27. The van der Waals surface area contributed by atoms with E-state index < -0.39 is 5.60 Å². The number of carbonyl (C=O) groups excluding carboxylic acids is 2. The van der Waals surface area contributed by atoms with Crippen LogP contribution >= 0.6 is 0 Å². The molecule has 1 amide bonds. The van der Waals surface area contributed by atoms with Crippen LogP contribution in [0.15, 0.2) is 0 Å². The summed E-state index contributed by atoms with van der Waals surface area (Å²) in [5.74, 6) is 2.00.